The molecule has 0 atom stereocenters. The van der Waals surface area contributed by atoms with Gasteiger partial charge < -0.3 is 4.98 Å². The SMILES string of the molecule is Cc1ccc(C2=C3C=CC(=N3)C(c3ccc(C)cc3)=c3ccc([nH]3)=C(c3c(C)cc(C)cc3C)c3cncc(c3)C(c3c(C)cc(C)cc3C)=C3C=CC2=N3)cc1. The molecule has 8 bridgehead atoms. The van der Waals surface area contributed by atoms with Gasteiger partial charge in [0, 0.05) is 56.5 Å². The van der Waals surface area contributed by atoms with Crippen LogP contribution in [0.5, 0.6) is 0 Å². The van der Waals surface area contributed by atoms with Gasteiger partial charge in [-0.15, -0.1) is 0 Å². The molecule has 4 heteroatoms. The minimum Gasteiger partial charge on any atom is -0.354 e. The number of hydrogen-bond acceptors (Lipinski definition) is 3. The van der Waals surface area contributed by atoms with Crippen molar-refractivity contribution in [3.8, 4) is 0 Å². The van der Waals surface area contributed by atoms with Crippen molar-refractivity contribution in [3.63, 3.8) is 0 Å². The number of allylic oxidation sites excluding steroid dienone is 5. The molecule has 4 nitrogen and oxygen atoms in total. The summed E-state index contributed by atoms with van der Waals surface area (Å²) in [5.74, 6) is 0. The van der Waals surface area contributed by atoms with Crippen molar-refractivity contribution in [1.82, 2.24) is 9.97 Å². The number of aromatic amines is 1. The lowest BCUT2D eigenvalue weighted by Crippen LogP contribution is -2.20. The number of hydrogen-bond donors (Lipinski definition) is 1. The fourth-order valence-corrected chi connectivity index (χ4v) is 8.99. The maximum atomic E-state index is 5.52. The summed E-state index contributed by atoms with van der Waals surface area (Å²) in [6.45, 7) is 17.4. The number of H-pyrrole nitrogens is 1. The first-order valence-corrected chi connectivity index (χ1v) is 19.7. The first kappa shape index (κ1) is 36.0. The summed E-state index contributed by atoms with van der Waals surface area (Å²) >= 11 is 0. The summed E-state index contributed by atoms with van der Waals surface area (Å²) in [6.07, 6.45) is 12.6. The van der Waals surface area contributed by atoms with E-state index in [9.17, 15) is 0 Å². The minimum atomic E-state index is 0.881. The predicted octanol–water partition coefficient (Wildman–Crippen LogP) is 10.5. The van der Waals surface area contributed by atoms with Gasteiger partial charge in [-0.3, -0.25) is 4.98 Å². The Hall–Kier alpha value is -6.65. The number of nitrogens with one attached hydrogen (secondary N) is 1. The van der Waals surface area contributed by atoms with E-state index in [1.807, 2.05) is 12.4 Å². The maximum Gasteiger partial charge on any atom is 0.0738 e. The monoisotopic (exact) mass is 738 g/mol. The van der Waals surface area contributed by atoms with E-state index in [-0.39, 0.29) is 0 Å². The Balaban J connectivity index is 1.46. The Morgan fingerprint density at radius 1 is 0.368 bits per heavy atom. The van der Waals surface area contributed by atoms with Gasteiger partial charge in [-0.05, 0) is 142 Å². The van der Waals surface area contributed by atoms with E-state index >= 15 is 0 Å². The van der Waals surface area contributed by atoms with E-state index in [0.717, 1.165) is 78.1 Å². The third-order valence-electron chi connectivity index (χ3n) is 11.4. The number of rotatable bonds is 4. The van der Waals surface area contributed by atoms with Crippen LogP contribution in [0, 0.1) is 55.4 Å². The Bertz CT molecular complexity index is 2940. The molecule has 2 aromatic heterocycles. The predicted molar refractivity (Wildman–Crippen MR) is 238 cm³/mol. The smallest absolute Gasteiger partial charge is 0.0738 e. The van der Waals surface area contributed by atoms with Gasteiger partial charge >= 0.3 is 0 Å². The van der Waals surface area contributed by atoms with Gasteiger partial charge in [0.15, 0.2) is 0 Å². The van der Waals surface area contributed by atoms with Crippen LogP contribution >= 0.6 is 0 Å². The van der Waals surface area contributed by atoms with E-state index < -0.39 is 0 Å². The largest absolute Gasteiger partial charge is 0.354 e. The molecule has 4 aromatic carbocycles. The van der Waals surface area contributed by atoms with Crippen LogP contribution < -0.4 is 10.7 Å². The van der Waals surface area contributed by atoms with E-state index in [4.69, 9.17) is 15.0 Å². The van der Waals surface area contributed by atoms with Crippen molar-refractivity contribution in [3.05, 3.63) is 228 Å². The summed E-state index contributed by atoms with van der Waals surface area (Å²) in [5.41, 5.74) is 24.2. The van der Waals surface area contributed by atoms with Gasteiger partial charge in [0.2, 0.25) is 0 Å². The minimum absolute atomic E-state index is 0.881. The fraction of sp³-hybridized carbons (Fsp3) is 0.151. The number of aliphatic imine (C=N–C) groups is 2. The Labute approximate surface area is 335 Å². The highest BCUT2D eigenvalue weighted by Crippen LogP contribution is 2.39. The van der Waals surface area contributed by atoms with Crippen molar-refractivity contribution in [2.45, 2.75) is 55.4 Å². The molecule has 6 aromatic rings. The number of aromatic nitrogens is 2. The van der Waals surface area contributed by atoms with Crippen LogP contribution in [-0.2, 0) is 0 Å². The first-order valence-electron chi connectivity index (χ1n) is 19.7. The fourth-order valence-electron chi connectivity index (χ4n) is 8.99. The van der Waals surface area contributed by atoms with Crippen LogP contribution in [0.15, 0.2) is 149 Å². The van der Waals surface area contributed by atoms with Crippen LogP contribution in [0.25, 0.3) is 22.3 Å². The zero-order valence-corrected chi connectivity index (χ0v) is 34.0. The number of fused-ring (bicyclic) bond motifs is 6. The molecule has 9 rings (SSSR count). The molecular weight excluding hydrogens is 693 g/mol. The second-order valence-electron chi connectivity index (χ2n) is 16.0. The van der Waals surface area contributed by atoms with Crippen molar-refractivity contribution in [1.29, 1.82) is 0 Å². The second kappa shape index (κ2) is 14.1. The molecule has 0 aliphatic carbocycles. The van der Waals surface area contributed by atoms with E-state index in [0.29, 0.717) is 0 Å². The zero-order chi connectivity index (χ0) is 39.5. The van der Waals surface area contributed by atoms with Crippen molar-refractivity contribution in [2.75, 3.05) is 0 Å². The zero-order valence-electron chi connectivity index (χ0n) is 34.0. The maximum absolute atomic E-state index is 5.52. The highest BCUT2D eigenvalue weighted by Gasteiger charge is 2.25. The molecule has 0 unspecified atom stereocenters. The molecule has 0 amide bonds. The first-order chi connectivity index (χ1) is 27.5. The topological polar surface area (TPSA) is 53.4 Å². The third kappa shape index (κ3) is 6.51. The van der Waals surface area contributed by atoms with E-state index in [1.165, 1.54) is 55.6 Å². The molecule has 3 aliphatic rings. The summed E-state index contributed by atoms with van der Waals surface area (Å²) in [6, 6.07) is 33.3. The average molecular weight is 739 g/mol. The molecule has 0 saturated carbocycles. The number of aryl methyl sites for hydroxylation is 8. The second-order valence-corrected chi connectivity index (χ2v) is 16.0. The molecule has 0 spiro atoms. The molecule has 1 N–H and O–H groups in total. The van der Waals surface area contributed by atoms with Crippen LogP contribution in [0.3, 0.4) is 0 Å². The van der Waals surface area contributed by atoms with E-state index in [1.54, 1.807) is 0 Å². The van der Waals surface area contributed by atoms with Gasteiger partial charge in [0.05, 0.1) is 22.8 Å². The van der Waals surface area contributed by atoms with Gasteiger partial charge in [-0.2, -0.15) is 0 Å². The van der Waals surface area contributed by atoms with Gasteiger partial charge in [-0.1, -0.05) is 95.1 Å². The lowest BCUT2D eigenvalue weighted by molar-refractivity contribution is 1.20. The quantitative estimate of drug-likeness (QED) is 0.192. The highest BCUT2D eigenvalue weighted by molar-refractivity contribution is 6.35. The van der Waals surface area contributed by atoms with Crippen LogP contribution in [0.4, 0.5) is 0 Å². The standard InChI is InChI=1S/C53H46N4/c1-30-9-13-38(14-10-30)50-42-17-18-43(55-42)51(39-15-11-31(2)12-16-39)45-20-22-47(57-45)53(49-36(7)25-33(4)26-37(49)8)41-27-40(28-54-29-41)52(46-21-19-44(50)56-46)48-34(5)23-32(3)24-35(48)6/h9-29,56H,1-8H3. The Kier molecular flexibility index (Phi) is 8.93. The summed E-state index contributed by atoms with van der Waals surface area (Å²) < 4.78 is 0. The van der Waals surface area contributed by atoms with Crippen LogP contribution in [0.2, 0.25) is 0 Å². The van der Waals surface area contributed by atoms with E-state index in [2.05, 4.69) is 176 Å². The van der Waals surface area contributed by atoms with Crippen LogP contribution in [0.1, 0.15) is 77.9 Å². The summed E-state index contributed by atoms with van der Waals surface area (Å²) in [7, 11) is 0. The number of benzene rings is 4. The van der Waals surface area contributed by atoms with Crippen molar-refractivity contribution >= 4 is 33.7 Å². The lowest BCUT2D eigenvalue weighted by Gasteiger charge is -2.19. The molecule has 57 heavy (non-hydrogen) atoms. The summed E-state index contributed by atoms with van der Waals surface area (Å²) in [5, 5.41) is 2.02. The molecule has 3 aliphatic heterocycles. The molecule has 0 fully saturated rings. The molecule has 0 radical (unpaired) electrons. The average Bonchev–Trinajstić information content (AvgIpc) is 3.96. The van der Waals surface area contributed by atoms with Crippen LogP contribution in [-0.4, -0.2) is 21.4 Å². The Morgan fingerprint density at radius 3 is 1.32 bits per heavy atom. The van der Waals surface area contributed by atoms with Crippen molar-refractivity contribution in [2.24, 2.45) is 9.98 Å². The summed E-state index contributed by atoms with van der Waals surface area (Å²) in [4.78, 5) is 19.9. The molecule has 5 heterocycles. The van der Waals surface area contributed by atoms with Gasteiger partial charge in [0.1, 0.15) is 0 Å². The van der Waals surface area contributed by atoms with Crippen molar-refractivity contribution < 1.29 is 0 Å². The normalized spacial score (nSPS) is 14.9. The molecule has 0 saturated heterocycles. The lowest BCUT2D eigenvalue weighted by atomic mass is 9.86. The number of nitrogens with zero attached hydrogens (tertiary/aromatic N) is 3. The van der Waals surface area contributed by atoms with Gasteiger partial charge in [0.25, 0.3) is 0 Å². The third-order valence-corrected chi connectivity index (χ3v) is 11.4. The number of pyridine rings is 1. The Morgan fingerprint density at radius 2 is 0.789 bits per heavy atom. The highest BCUT2D eigenvalue weighted by atomic mass is 14.8. The van der Waals surface area contributed by atoms with Gasteiger partial charge in [-0.25, -0.2) is 9.98 Å². The molecule has 278 valence electrons. The molecular formula is C53H46N4.